The molecule has 1 aliphatic heterocycles. The minimum absolute atomic E-state index is 0.274. The normalized spacial score (nSPS) is 29.4. The molecule has 2 rings (SSSR count). The molecule has 2 atom stereocenters. The Labute approximate surface area is 85.0 Å². The van der Waals surface area contributed by atoms with E-state index >= 15 is 0 Å². The van der Waals surface area contributed by atoms with Gasteiger partial charge in [0.1, 0.15) is 6.23 Å². The fraction of sp³-hybridized carbons (Fsp3) is 0.636. The Morgan fingerprint density at radius 2 is 2.21 bits per heavy atom. The molecule has 1 saturated heterocycles. The Morgan fingerprint density at radius 1 is 1.43 bits per heavy atom. The van der Waals surface area contributed by atoms with Gasteiger partial charge in [-0.2, -0.15) is 0 Å². The summed E-state index contributed by atoms with van der Waals surface area (Å²) in [5.41, 5.74) is 1.34. The second-order valence-corrected chi connectivity index (χ2v) is 4.23. The summed E-state index contributed by atoms with van der Waals surface area (Å²) in [4.78, 5) is 2.01. The van der Waals surface area contributed by atoms with Gasteiger partial charge in [-0.1, -0.05) is 0 Å². The molecule has 0 bridgehead atoms. The molecule has 3 nitrogen and oxygen atoms in total. The van der Waals surface area contributed by atoms with Gasteiger partial charge in [0, 0.05) is 31.4 Å². The summed E-state index contributed by atoms with van der Waals surface area (Å²) in [5.74, 6) is 0.515. The number of aromatic nitrogens is 1. The van der Waals surface area contributed by atoms with Crippen molar-refractivity contribution in [2.45, 2.75) is 25.0 Å². The summed E-state index contributed by atoms with van der Waals surface area (Å²) in [5, 5.41) is 9.75. The molecule has 0 radical (unpaired) electrons. The maximum atomic E-state index is 9.75. The first-order valence-corrected chi connectivity index (χ1v) is 5.18. The van der Waals surface area contributed by atoms with Crippen LogP contribution in [-0.4, -0.2) is 34.4 Å². The molecule has 0 spiro atoms. The molecule has 1 N–H and O–H groups in total. The molecule has 14 heavy (non-hydrogen) atoms. The summed E-state index contributed by atoms with van der Waals surface area (Å²) in [6, 6.07) is 4.22. The van der Waals surface area contributed by atoms with Gasteiger partial charge in [0.05, 0.1) is 0 Å². The Balaban J connectivity index is 2.10. The minimum atomic E-state index is -0.274. The van der Waals surface area contributed by atoms with Crippen molar-refractivity contribution in [1.29, 1.82) is 0 Å². The lowest BCUT2D eigenvalue weighted by molar-refractivity contribution is -0.0142. The summed E-state index contributed by atoms with van der Waals surface area (Å²) in [7, 11) is 4.05. The van der Waals surface area contributed by atoms with E-state index < -0.39 is 0 Å². The highest BCUT2D eigenvalue weighted by atomic mass is 16.3. The number of rotatable bonds is 1. The van der Waals surface area contributed by atoms with Gasteiger partial charge in [0.15, 0.2) is 0 Å². The van der Waals surface area contributed by atoms with E-state index in [1.165, 1.54) is 5.69 Å². The van der Waals surface area contributed by atoms with E-state index in [1.54, 1.807) is 0 Å². The molecule has 3 heteroatoms. The number of nitrogens with zero attached hydrogens (tertiary/aromatic N) is 2. The van der Waals surface area contributed by atoms with Gasteiger partial charge >= 0.3 is 0 Å². The molecule has 1 aromatic heterocycles. The van der Waals surface area contributed by atoms with Crippen LogP contribution in [0, 0.1) is 0 Å². The highest BCUT2D eigenvalue weighted by Gasteiger charge is 2.26. The van der Waals surface area contributed by atoms with Crippen LogP contribution in [0.3, 0.4) is 0 Å². The fourth-order valence-corrected chi connectivity index (χ4v) is 2.23. The standard InChI is InChI=1S/C11H18N2O/c1-12-6-3-4-10(12)9-5-7-13(2)11(14)8-9/h3-4,6,9,11,14H,5,7-8H2,1-2H3. The van der Waals surface area contributed by atoms with Crippen LogP contribution >= 0.6 is 0 Å². The zero-order valence-electron chi connectivity index (χ0n) is 8.85. The summed E-state index contributed by atoms with van der Waals surface area (Å²) in [6.45, 7) is 0.983. The van der Waals surface area contributed by atoms with Crippen molar-refractivity contribution in [3.05, 3.63) is 24.0 Å². The molecular formula is C11H18N2O. The van der Waals surface area contributed by atoms with E-state index in [4.69, 9.17) is 0 Å². The fourth-order valence-electron chi connectivity index (χ4n) is 2.23. The Morgan fingerprint density at radius 3 is 2.79 bits per heavy atom. The minimum Gasteiger partial charge on any atom is -0.378 e. The highest BCUT2D eigenvalue weighted by Crippen LogP contribution is 2.29. The molecule has 1 fully saturated rings. The smallest absolute Gasteiger partial charge is 0.107 e. The predicted molar refractivity (Wildman–Crippen MR) is 56.0 cm³/mol. The lowest BCUT2D eigenvalue weighted by atomic mass is 9.92. The number of aryl methyl sites for hydroxylation is 1. The quantitative estimate of drug-likeness (QED) is 0.726. The number of aliphatic hydroxyl groups excluding tert-OH is 1. The van der Waals surface area contributed by atoms with Gasteiger partial charge in [-0.3, -0.25) is 4.90 Å². The van der Waals surface area contributed by atoms with Gasteiger partial charge in [-0.15, -0.1) is 0 Å². The second-order valence-electron chi connectivity index (χ2n) is 4.23. The van der Waals surface area contributed by atoms with Crippen LogP contribution in [0.25, 0.3) is 0 Å². The van der Waals surface area contributed by atoms with Gasteiger partial charge in [0.25, 0.3) is 0 Å². The van der Waals surface area contributed by atoms with Crippen LogP contribution in [0.5, 0.6) is 0 Å². The van der Waals surface area contributed by atoms with E-state index in [9.17, 15) is 5.11 Å². The molecule has 1 aromatic rings. The third-order valence-corrected chi connectivity index (χ3v) is 3.24. The summed E-state index contributed by atoms with van der Waals surface area (Å²) >= 11 is 0. The predicted octanol–water partition coefficient (Wildman–Crippen LogP) is 1.15. The van der Waals surface area contributed by atoms with Crippen LogP contribution in [0.1, 0.15) is 24.5 Å². The topological polar surface area (TPSA) is 28.4 Å². The third kappa shape index (κ3) is 1.70. The van der Waals surface area contributed by atoms with Gasteiger partial charge < -0.3 is 9.67 Å². The first-order valence-electron chi connectivity index (χ1n) is 5.18. The SMILES string of the molecule is CN1CCC(c2cccn2C)CC1O. The Kier molecular flexibility index (Phi) is 2.61. The Hall–Kier alpha value is -0.800. The first-order chi connectivity index (χ1) is 6.68. The molecule has 1 aliphatic rings. The number of aliphatic hydroxyl groups is 1. The maximum absolute atomic E-state index is 9.75. The second kappa shape index (κ2) is 3.75. The molecule has 0 aromatic carbocycles. The van der Waals surface area contributed by atoms with Crippen molar-refractivity contribution in [1.82, 2.24) is 9.47 Å². The van der Waals surface area contributed by atoms with Crippen molar-refractivity contribution in [3.63, 3.8) is 0 Å². The van der Waals surface area contributed by atoms with Crippen LogP contribution < -0.4 is 0 Å². The number of piperidine rings is 1. The van der Waals surface area contributed by atoms with E-state index in [1.807, 2.05) is 11.9 Å². The average Bonchev–Trinajstić information content (AvgIpc) is 2.57. The van der Waals surface area contributed by atoms with Crippen molar-refractivity contribution in [3.8, 4) is 0 Å². The lowest BCUT2D eigenvalue weighted by Crippen LogP contribution is -2.39. The molecule has 78 valence electrons. The zero-order chi connectivity index (χ0) is 10.1. The highest BCUT2D eigenvalue weighted by molar-refractivity contribution is 5.13. The molecule has 0 amide bonds. The van der Waals surface area contributed by atoms with Gasteiger partial charge in [-0.25, -0.2) is 0 Å². The van der Waals surface area contributed by atoms with Crippen LogP contribution in [0.15, 0.2) is 18.3 Å². The van der Waals surface area contributed by atoms with E-state index in [0.717, 1.165) is 19.4 Å². The third-order valence-electron chi connectivity index (χ3n) is 3.24. The number of likely N-dealkylation sites (tertiary alicyclic amines) is 1. The largest absolute Gasteiger partial charge is 0.378 e. The molecule has 0 aliphatic carbocycles. The van der Waals surface area contributed by atoms with Crippen molar-refractivity contribution in [2.75, 3.05) is 13.6 Å². The van der Waals surface area contributed by atoms with E-state index in [0.29, 0.717) is 5.92 Å². The van der Waals surface area contributed by atoms with Crippen LogP contribution in [0.2, 0.25) is 0 Å². The van der Waals surface area contributed by atoms with Crippen LogP contribution in [-0.2, 0) is 7.05 Å². The molecule has 2 heterocycles. The molecule has 2 unspecified atom stereocenters. The van der Waals surface area contributed by atoms with Crippen molar-refractivity contribution < 1.29 is 5.11 Å². The molecular weight excluding hydrogens is 176 g/mol. The van der Waals surface area contributed by atoms with Gasteiger partial charge in [-0.05, 0) is 32.0 Å². The first kappa shape index (κ1) is 9.74. The maximum Gasteiger partial charge on any atom is 0.107 e. The molecule has 0 saturated carbocycles. The van der Waals surface area contributed by atoms with Crippen molar-refractivity contribution in [2.24, 2.45) is 7.05 Å². The van der Waals surface area contributed by atoms with Crippen LogP contribution in [0.4, 0.5) is 0 Å². The zero-order valence-corrected chi connectivity index (χ0v) is 8.85. The number of hydrogen-bond acceptors (Lipinski definition) is 2. The summed E-state index contributed by atoms with van der Waals surface area (Å²) < 4.78 is 2.16. The monoisotopic (exact) mass is 194 g/mol. The van der Waals surface area contributed by atoms with Crippen molar-refractivity contribution >= 4 is 0 Å². The van der Waals surface area contributed by atoms with E-state index in [2.05, 4.69) is 29.9 Å². The number of hydrogen-bond donors (Lipinski definition) is 1. The van der Waals surface area contributed by atoms with E-state index in [-0.39, 0.29) is 6.23 Å². The average molecular weight is 194 g/mol. The Bertz CT molecular complexity index is 308. The summed E-state index contributed by atoms with van der Waals surface area (Å²) in [6.07, 6.45) is 3.79. The van der Waals surface area contributed by atoms with Gasteiger partial charge in [0.2, 0.25) is 0 Å². The lowest BCUT2D eigenvalue weighted by Gasteiger charge is -2.34.